The molecule has 1 atom stereocenters. The van der Waals surface area contributed by atoms with Crippen LogP contribution in [0.15, 0.2) is 11.4 Å². The van der Waals surface area contributed by atoms with Crippen molar-refractivity contribution in [2.24, 2.45) is 5.73 Å². The molecule has 0 bridgehead atoms. The molecule has 0 aliphatic carbocycles. The molecule has 20 heavy (non-hydrogen) atoms. The second-order valence-electron chi connectivity index (χ2n) is 5.23. The zero-order valence-corrected chi connectivity index (χ0v) is 12.9. The highest BCUT2D eigenvalue weighted by Gasteiger charge is 2.31. The first-order valence-corrected chi connectivity index (χ1v) is 7.73. The molecule has 0 aromatic carbocycles. The van der Waals surface area contributed by atoms with Crippen LogP contribution in [-0.2, 0) is 0 Å². The van der Waals surface area contributed by atoms with Crippen LogP contribution in [-0.4, -0.2) is 55.5 Å². The number of hydrogen-bond acceptors (Lipinski definition) is 4. The predicted molar refractivity (Wildman–Crippen MR) is 82.9 cm³/mol. The molecule has 1 unspecified atom stereocenters. The number of amides is 1. The molecule has 2 heterocycles. The molecular weight excluding hydrogens is 270 g/mol. The third-order valence-corrected chi connectivity index (χ3v) is 4.30. The molecule has 1 saturated heterocycles. The maximum absolute atomic E-state index is 12.7. The molecule has 5 heteroatoms. The molecule has 1 aliphatic rings. The third kappa shape index (κ3) is 3.40. The zero-order chi connectivity index (χ0) is 14.5. The quantitative estimate of drug-likeness (QED) is 0.852. The molecule has 1 aromatic rings. The van der Waals surface area contributed by atoms with Gasteiger partial charge < -0.3 is 15.5 Å². The number of likely N-dealkylation sites (N-methyl/N-ethyl adjacent to an activating group) is 1. The lowest BCUT2D eigenvalue weighted by atomic mass is 10.2. The molecule has 1 amide bonds. The van der Waals surface area contributed by atoms with E-state index in [9.17, 15) is 4.79 Å². The summed E-state index contributed by atoms with van der Waals surface area (Å²) in [7, 11) is 4.09. The van der Waals surface area contributed by atoms with Crippen LogP contribution >= 0.6 is 11.3 Å². The van der Waals surface area contributed by atoms with Gasteiger partial charge in [0.25, 0.3) is 5.91 Å². The summed E-state index contributed by atoms with van der Waals surface area (Å²) in [6.45, 7) is 2.08. The molecule has 0 radical (unpaired) electrons. The Bertz CT molecular complexity index is 527. The van der Waals surface area contributed by atoms with Crippen LogP contribution in [0.2, 0.25) is 0 Å². The van der Waals surface area contributed by atoms with Gasteiger partial charge in [-0.1, -0.05) is 11.8 Å². The topological polar surface area (TPSA) is 49.6 Å². The average Bonchev–Trinajstić information content (AvgIpc) is 3.03. The van der Waals surface area contributed by atoms with Crippen molar-refractivity contribution >= 4 is 17.2 Å². The van der Waals surface area contributed by atoms with Crippen molar-refractivity contribution in [3.05, 3.63) is 21.9 Å². The number of carbonyl (C=O) groups excluding carboxylic acids is 1. The van der Waals surface area contributed by atoms with Crippen molar-refractivity contribution in [3.8, 4) is 11.8 Å². The molecule has 4 nitrogen and oxygen atoms in total. The summed E-state index contributed by atoms with van der Waals surface area (Å²) in [4.78, 5) is 17.6. The van der Waals surface area contributed by atoms with Crippen molar-refractivity contribution in [2.45, 2.75) is 18.9 Å². The summed E-state index contributed by atoms with van der Waals surface area (Å²) in [6.07, 6.45) is 2.17. The number of thiophene rings is 1. The van der Waals surface area contributed by atoms with Gasteiger partial charge in [0.1, 0.15) is 4.88 Å². The number of nitrogens with zero attached hydrogens (tertiary/aromatic N) is 2. The van der Waals surface area contributed by atoms with Gasteiger partial charge in [-0.15, -0.1) is 11.3 Å². The largest absolute Gasteiger partial charge is 0.334 e. The van der Waals surface area contributed by atoms with E-state index in [4.69, 9.17) is 5.73 Å². The van der Waals surface area contributed by atoms with E-state index in [1.165, 1.54) is 11.3 Å². The smallest absolute Gasteiger partial charge is 0.265 e. The molecule has 0 saturated carbocycles. The number of rotatable bonds is 3. The van der Waals surface area contributed by atoms with Gasteiger partial charge in [-0.25, -0.2) is 0 Å². The Morgan fingerprint density at radius 1 is 1.60 bits per heavy atom. The Morgan fingerprint density at radius 3 is 3.10 bits per heavy atom. The van der Waals surface area contributed by atoms with Crippen molar-refractivity contribution in [1.82, 2.24) is 9.80 Å². The summed E-state index contributed by atoms with van der Waals surface area (Å²) >= 11 is 1.47. The summed E-state index contributed by atoms with van der Waals surface area (Å²) in [5.41, 5.74) is 6.21. The van der Waals surface area contributed by atoms with Crippen LogP contribution in [0, 0.1) is 11.8 Å². The fourth-order valence-electron chi connectivity index (χ4n) is 2.56. The monoisotopic (exact) mass is 291 g/mol. The van der Waals surface area contributed by atoms with Crippen LogP contribution < -0.4 is 5.73 Å². The predicted octanol–water partition coefficient (Wildman–Crippen LogP) is 1.22. The summed E-state index contributed by atoms with van der Waals surface area (Å²) in [6, 6.07) is 2.22. The van der Waals surface area contributed by atoms with E-state index in [1.807, 2.05) is 30.4 Å². The average molecular weight is 291 g/mol. The van der Waals surface area contributed by atoms with Gasteiger partial charge in [-0.05, 0) is 38.4 Å². The first-order valence-electron chi connectivity index (χ1n) is 6.85. The van der Waals surface area contributed by atoms with Gasteiger partial charge in [0.2, 0.25) is 0 Å². The third-order valence-electron chi connectivity index (χ3n) is 3.40. The van der Waals surface area contributed by atoms with Gasteiger partial charge in [0.05, 0.1) is 6.54 Å². The number of hydrogen-bond donors (Lipinski definition) is 1. The molecule has 0 spiro atoms. The van der Waals surface area contributed by atoms with Crippen molar-refractivity contribution in [1.29, 1.82) is 0 Å². The Kier molecular flexibility index (Phi) is 5.18. The van der Waals surface area contributed by atoms with E-state index in [0.717, 1.165) is 36.4 Å². The molecule has 1 aliphatic heterocycles. The molecule has 108 valence electrons. The first kappa shape index (κ1) is 15.0. The highest BCUT2D eigenvalue weighted by molar-refractivity contribution is 7.12. The van der Waals surface area contributed by atoms with Gasteiger partial charge in [0.15, 0.2) is 0 Å². The fraction of sp³-hybridized carbons (Fsp3) is 0.533. The Labute approximate surface area is 124 Å². The van der Waals surface area contributed by atoms with Crippen molar-refractivity contribution in [2.75, 3.05) is 33.7 Å². The van der Waals surface area contributed by atoms with Crippen LogP contribution in [0.1, 0.15) is 28.1 Å². The van der Waals surface area contributed by atoms with E-state index >= 15 is 0 Å². The maximum atomic E-state index is 12.7. The SMILES string of the molecule is CN(C)CC1CCCN1C(=O)c1sccc1C#CCN. The van der Waals surface area contributed by atoms with E-state index in [-0.39, 0.29) is 5.91 Å². The molecule has 1 fully saturated rings. The highest BCUT2D eigenvalue weighted by Crippen LogP contribution is 2.24. The highest BCUT2D eigenvalue weighted by atomic mass is 32.1. The number of carbonyl (C=O) groups is 1. The van der Waals surface area contributed by atoms with Crippen LogP contribution in [0.3, 0.4) is 0 Å². The van der Waals surface area contributed by atoms with Crippen LogP contribution in [0.4, 0.5) is 0 Å². The molecular formula is C15H21N3OS. The van der Waals surface area contributed by atoms with Crippen molar-refractivity contribution < 1.29 is 4.79 Å². The second kappa shape index (κ2) is 6.89. The van der Waals surface area contributed by atoms with Crippen LogP contribution in [0.25, 0.3) is 0 Å². The summed E-state index contributed by atoms with van der Waals surface area (Å²) < 4.78 is 0. The molecule has 2 N–H and O–H groups in total. The standard InChI is InChI=1S/C15H21N3OS/c1-17(2)11-13-6-4-9-18(13)15(19)14-12(5-3-8-16)7-10-20-14/h7,10,13H,4,6,8-9,11,16H2,1-2H3. The van der Waals surface area contributed by atoms with Crippen LogP contribution in [0.5, 0.6) is 0 Å². The molecule has 1 aromatic heterocycles. The lowest BCUT2D eigenvalue weighted by Gasteiger charge is -2.26. The van der Waals surface area contributed by atoms with E-state index < -0.39 is 0 Å². The Hall–Kier alpha value is -1.35. The number of likely N-dealkylation sites (tertiary alicyclic amines) is 1. The lowest BCUT2D eigenvalue weighted by Crippen LogP contribution is -2.41. The molecule has 2 rings (SSSR count). The lowest BCUT2D eigenvalue weighted by molar-refractivity contribution is 0.0721. The van der Waals surface area contributed by atoms with Crippen molar-refractivity contribution in [3.63, 3.8) is 0 Å². The van der Waals surface area contributed by atoms with E-state index in [2.05, 4.69) is 16.7 Å². The van der Waals surface area contributed by atoms with Gasteiger partial charge >= 0.3 is 0 Å². The minimum absolute atomic E-state index is 0.116. The van der Waals surface area contributed by atoms with E-state index in [0.29, 0.717) is 12.6 Å². The Morgan fingerprint density at radius 2 is 2.40 bits per heavy atom. The number of nitrogens with two attached hydrogens (primary N) is 1. The van der Waals surface area contributed by atoms with Gasteiger partial charge in [-0.3, -0.25) is 4.79 Å². The normalized spacial score (nSPS) is 18.2. The zero-order valence-electron chi connectivity index (χ0n) is 12.1. The second-order valence-corrected chi connectivity index (χ2v) is 6.14. The van der Waals surface area contributed by atoms with Gasteiger partial charge in [-0.2, -0.15) is 0 Å². The van der Waals surface area contributed by atoms with Gasteiger partial charge in [0, 0.05) is 24.7 Å². The maximum Gasteiger partial charge on any atom is 0.265 e. The Balaban J connectivity index is 2.16. The first-order chi connectivity index (χ1) is 9.63. The summed E-state index contributed by atoms with van der Waals surface area (Å²) in [5, 5.41) is 1.92. The fourth-order valence-corrected chi connectivity index (χ4v) is 3.37. The summed E-state index contributed by atoms with van der Waals surface area (Å²) in [5.74, 6) is 5.93. The minimum Gasteiger partial charge on any atom is -0.334 e. The van der Waals surface area contributed by atoms with E-state index in [1.54, 1.807) is 0 Å². The minimum atomic E-state index is 0.116.